The molecule has 19 heavy (non-hydrogen) atoms. The van der Waals surface area contributed by atoms with Crippen LogP contribution in [0.3, 0.4) is 0 Å². The molecule has 0 aliphatic heterocycles. The van der Waals surface area contributed by atoms with Crippen LogP contribution in [0.5, 0.6) is 0 Å². The quantitative estimate of drug-likeness (QED) is 0.799. The average molecular weight is 327 g/mol. The second-order valence-corrected chi connectivity index (χ2v) is 6.22. The predicted octanol–water partition coefficient (Wildman–Crippen LogP) is 3.10. The van der Waals surface area contributed by atoms with E-state index >= 15 is 0 Å². The minimum absolute atomic E-state index is 0.270. The van der Waals surface area contributed by atoms with Gasteiger partial charge in [-0.2, -0.15) is 0 Å². The molecule has 1 fully saturated rings. The molecular weight excluding hydrogens is 308 g/mol. The molecule has 2 amide bonds. The minimum atomic E-state index is -0.693. The first kappa shape index (κ1) is 14.3. The van der Waals surface area contributed by atoms with Crippen molar-refractivity contribution in [3.8, 4) is 0 Å². The summed E-state index contributed by atoms with van der Waals surface area (Å²) >= 11 is 3.43. The number of anilines is 1. The van der Waals surface area contributed by atoms with Crippen molar-refractivity contribution >= 4 is 27.6 Å². The summed E-state index contributed by atoms with van der Waals surface area (Å²) in [7, 11) is 0. The highest BCUT2D eigenvalue weighted by Gasteiger charge is 2.34. The summed E-state index contributed by atoms with van der Waals surface area (Å²) in [6.45, 7) is 4.22. The van der Waals surface area contributed by atoms with Gasteiger partial charge >= 0.3 is 6.03 Å². The first-order valence-corrected chi connectivity index (χ1v) is 7.23. The molecule has 0 radical (unpaired) electrons. The number of carbonyl (C=O) groups is 1. The van der Waals surface area contributed by atoms with Crippen LogP contribution in [0.2, 0.25) is 0 Å². The van der Waals surface area contributed by atoms with E-state index in [0.717, 1.165) is 40.5 Å². The monoisotopic (exact) mass is 326 g/mol. The number of rotatable bonds is 3. The van der Waals surface area contributed by atoms with E-state index in [1.54, 1.807) is 0 Å². The van der Waals surface area contributed by atoms with Gasteiger partial charge in [-0.3, -0.25) is 0 Å². The van der Waals surface area contributed by atoms with E-state index in [4.69, 9.17) is 0 Å². The highest BCUT2D eigenvalue weighted by molar-refractivity contribution is 9.10. The lowest BCUT2D eigenvalue weighted by atomic mass is 9.80. The molecular formula is C14H19BrN2O2. The van der Waals surface area contributed by atoms with Gasteiger partial charge in [0.05, 0.1) is 5.60 Å². The molecule has 0 atom stereocenters. The Bertz CT molecular complexity index is 475. The zero-order valence-corrected chi connectivity index (χ0v) is 12.8. The van der Waals surface area contributed by atoms with Gasteiger partial charge in [-0.1, -0.05) is 15.9 Å². The number of aliphatic hydroxyl groups is 1. The molecule has 1 aliphatic carbocycles. The Morgan fingerprint density at radius 2 is 1.95 bits per heavy atom. The summed E-state index contributed by atoms with van der Waals surface area (Å²) in [5.74, 6) is 0. The predicted molar refractivity (Wildman–Crippen MR) is 79.4 cm³/mol. The lowest BCUT2D eigenvalue weighted by Crippen LogP contribution is -2.48. The zero-order chi connectivity index (χ0) is 14.0. The maximum atomic E-state index is 11.8. The Kier molecular flexibility index (Phi) is 4.16. The largest absolute Gasteiger partial charge is 0.388 e. The first-order chi connectivity index (χ1) is 8.89. The number of urea groups is 1. The molecule has 1 aromatic rings. The standard InChI is InChI=1S/C14H19BrN2O2/c1-9-6-11(15)7-10(2)12(9)17-13(18)16-8-14(19)4-3-5-14/h6-7,19H,3-5,8H2,1-2H3,(H2,16,17,18). The molecule has 1 aromatic carbocycles. The van der Waals surface area contributed by atoms with Crippen LogP contribution >= 0.6 is 15.9 Å². The number of nitrogens with one attached hydrogen (secondary N) is 2. The van der Waals surface area contributed by atoms with Crippen LogP contribution in [-0.4, -0.2) is 23.3 Å². The van der Waals surface area contributed by atoms with Gasteiger partial charge in [0.2, 0.25) is 0 Å². The van der Waals surface area contributed by atoms with Gasteiger partial charge in [-0.05, 0) is 56.4 Å². The molecule has 3 N–H and O–H groups in total. The van der Waals surface area contributed by atoms with Gasteiger partial charge in [-0.15, -0.1) is 0 Å². The second-order valence-electron chi connectivity index (χ2n) is 5.30. The van der Waals surface area contributed by atoms with Crippen molar-refractivity contribution in [1.82, 2.24) is 5.32 Å². The molecule has 0 aromatic heterocycles. The fourth-order valence-corrected chi connectivity index (χ4v) is 2.96. The van der Waals surface area contributed by atoms with Crippen molar-refractivity contribution in [2.24, 2.45) is 0 Å². The van der Waals surface area contributed by atoms with Gasteiger partial charge in [0, 0.05) is 16.7 Å². The normalized spacial score (nSPS) is 16.6. The van der Waals surface area contributed by atoms with Crippen molar-refractivity contribution in [2.45, 2.75) is 38.7 Å². The highest BCUT2D eigenvalue weighted by Crippen LogP contribution is 2.30. The van der Waals surface area contributed by atoms with E-state index in [2.05, 4.69) is 26.6 Å². The van der Waals surface area contributed by atoms with Crippen molar-refractivity contribution in [3.05, 3.63) is 27.7 Å². The van der Waals surface area contributed by atoms with Crippen LogP contribution < -0.4 is 10.6 Å². The van der Waals surface area contributed by atoms with E-state index in [-0.39, 0.29) is 6.03 Å². The molecule has 0 heterocycles. The Labute approximate surface area is 121 Å². The van der Waals surface area contributed by atoms with Crippen molar-refractivity contribution in [1.29, 1.82) is 0 Å². The summed E-state index contributed by atoms with van der Waals surface area (Å²) in [6, 6.07) is 3.65. The van der Waals surface area contributed by atoms with Crippen molar-refractivity contribution < 1.29 is 9.90 Å². The summed E-state index contributed by atoms with van der Waals surface area (Å²) in [5, 5.41) is 15.5. The third-order valence-corrected chi connectivity index (χ3v) is 4.06. The Balaban J connectivity index is 1.95. The number of hydrogen-bond donors (Lipinski definition) is 3. The fraction of sp³-hybridized carbons (Fsp3) is 0.500. The lowest BCUT2D eigenvalue weighted by Gasteiger charge is -2.36. The third-order valence-electron chi connectivity index (χ3n) is 3.60. The Morgan fingerprint density at radius 3 is 2.42 bits per heavy atom. The number of carbonyl (C=O) groups excluding carboxylic acids is 1. The molecule has 0 saturated heterocycles. The molecule has 2 rings (SSSR count). The van der Waals surface area contributed by atoms with E-state index in [0.29, 0.717) is 6.54 Å². The van der Waals surface area contributed by atoms with Crippen LogP contribution in [0.15, 0.2) is 16.6 Å². The van der Waals surface area contributed by atoms with Crippen molar-refractivity contribution in [3.63, 3.8) is 0 Å². The number of halogens is 1. The summed E-state index contributed by atoms with van der Waals surface area (Å²) in [6.07, 6.45) is 2.57. The van der Waals surface area contributed by atoms with E-state index in [9.17, 15) is 9.90 Å². The molecule has 1 saturated carbocycles. The van der Waals surface area contributed by atoms with Gasteiger partial charge in [0.15, 0.2) is 0 Å². The summed E-state index contributed by atoms with van der Waals surface area (Å²) < 4.78 is 0.997. The van der Waals surface area contributed by atoms with Crippen molar-refractivity contribution in [2.75, 3.05) is 11.9 Å². The molecule has 0 spiro atoms. The van der Waals surface area contributed by atoms with Gasteiger partial charge in [0.25, 0.3) is 0 Å². The van der Waals surface area contributed by atoms with Crippen LogP contribution in [0.1, 0.15) is 30.4 Å². The average Bonchev–Trinajstić information content (AvgIpc) is 2.28. The number of amides is 2. The molecule has 5 heteroatoms. The van der Waals surface area contributed by atoms with Crippen LogP contribution in [0.25, 0.3) is 0 Å². The number of aryl methyl sites for hydroxylation is 2. The molecule has 104 valence electrons. The Hall–Kier alpha value is -1.07. The number of benzene rings is 1. The van der Waals surface area contributed by atoms with Crippen LogP contribution in [0.4, 0.5) is 10.5 Å². The molecule has 0 bridgehead atoms. The SMILES string of the molecule is Cc1cc(Br)cc(C)c1NC(=O)NCC1(O)CCC1. The lowest BCUT2D eigenvalue weighted by molar-refractivity contribution is -0.0287. The van der Waals surface area contributed by atoms with Gasteiger partial charge in [0.1, 0.15) is 0 Å². The number of hydrogen-bond acceptors (Lipinski definition) is 2. The van der Waals surface area contributed by atoms with E-state index in [1.807, 2.05) is 26.0 Å². The fourth-order valence-electron chi connectivity index (χ4n) is 2.27. The zero-order valence-electron chi connectivity index (χ0n) is 11.2. The Morgan fingerprint density at radius 1 is 1.37 bits per heavy atom. The van der Waals surface area contributed by atoms with Gasteiger partial charge < -0.3 is 15.7 Å². The van der Waals surface area contributed by atoms with Crippen LogP contribution in [0, 0.1) is 13.8 Å². The second kappa shape index (κ2) is 5.51. The minimum Gasteiger partial charge on any atom is -0.388 e. The molecule has 0 unspecified atom stereocenters. The van der Waals surface area contributed by atoms with Gasteiger partial charge in [-0.25, -0.2) is 4.79 Å². The summed E-state index contributed by atoms with van der Waals surface area (Å²) in [5.41, 5.74) is 2.14. The van der Waals surface area contributed by atoms with E-state index < -0.39 is 5.60 Å². The maximum Gasteiger partial charge on any atom is 0.319 e. The molecule has 4 nitrogen and oxygen atoms in total. The summed E-state index contributed by atoms with van der Waals surface area (Å²) in [4.78, 5) is 11.8. The topological polar surface area (TPSA) is 61.4 Å². The smallest absolute Gasteiger partial charge is 0.319 e. The highest BCUT2D eigenvalue weighted by atomic mass is 79.9. The maximum absolute atomic E-state index is 11.8. The van der Waals surface area contributed by atoms with Crippen LogP contribution in [-0.2, 0) is 0 Å². The first-order valence-electron chi connectivity index (χ1n) is 6.44. The third kappa shape index (κ3) is 3.48. The molecule has 1 aliphatic rings. The van der Waals surface area contributed by atoms with E-state index in [1.165, 1.54) is 0 Å².